The van der Waals surface area contributed by atoms with Crippen LogP contribution in [0, 0.1) is 12.8 Å². The van der Waals surface area contributed by atoms with Gasteiger partial charge in [0.25, 0.3) is 0 Å². The average molecular weight is 241 g/mol. The Balaban J connectivity index is 2.15. The van der Waals surface area contributed by atoms with Crippen molar-refractivity contribution < 1.29 is 4.74 Å². The first-order valence-electron chi connectivity index (χ1n) is 5.93. The highest BCUT2D eigenvalue weighted by molar-refractivity contribution is 7.10. The average Bonchev–Trinajstić information content (AvgIpc) is 2.60. The molecule has 0 aliphatic rings. The van der Waals surface area contributed by atoms with Gasteiger partial charge in [0.2, 0.25) is 0 Å². The van der Waals surface area contributed by atoms with E-state index in [2.05, 4.69) is 44.5 Å². The molecule has 1 heterocycles. The van der Waals surface area contributed by atoms with Gasteiger partial charge in [0.15, 0.2) is 0 Å². The summed E-state index contributed by atoms with van der Waals surface area (Å²) in [6.45, 7) is 11.3. The third-order valence-corrected chi connectivity index (χ3v) is 3.42. The van der Waals surface area contributed by atoms with Crippen molar-refractivity contribution in [2.24, 2.45) is 5.92 Å². The molecule has 0 amide bonds. The van der Waals surface area contributed by atoms with Gasteiger partial charge in [-0.05, 0) is 36.8 Å². The van der Waals surface area contributed by atoms with E-state index in [1.165, 1.54) is 10.4 Å². The summed E-state index contributed by atoms with van der Waals surface area (Å²) in [5.41, 5.74) is 1.38. The molecule has 2 nitrogen and oxygen atoms in total. The van der Waals surface area contributed by atoms with Crippen LogP contribution in [0.4, 0.5) is 0 Å². The van der Waals surface area contributed by atoms with Crippen LogP contribution >= 0.6 is 11.3 Å². The largest absolute Gasteiger partial charge is 0.380 e. The smallest absolute Gasteiger partial charge is 0.0617 e. The van der Waals surface area contributed by atoms with E-state index in [9.17, 15) is 0 Å². The summed E-state index contributed by atoms with van der Waals surface area (Å²) in [5.74, 6) is 0.617. The van der Waals surface area contributed by atoms with Crippen LogP contribution < -0.4 is 5.32 Å². The Morgan fingerprint density at radius 1 is 1.31 bits per heavy atom. The van der Waals surface area contributed by atoms with Crippen LogP contribution in [0.5, 0.6) is 0 Å². The molecule has 0 aromatic carbocycles. The molecule has 0 aliphatic carbocycles. The second kappa shape index (κ2) is 7.05. The fraction of sp³-hybridized carbons (Fsp3) is 0.692. The zero-order valence-corrected chi connectivity index (χ0v) is 11.6. The molecule has 3 heteroatoms. The Morgan fingerprint density at radius 3 is 2.62 bits per heavy atom. The third-order valence-electron chi connectivity index (χ3n) is 2.40. The zero-order valence-electron chi connectivity index (χ0n) is 10.7. The second-order valence-electron chi connectivity index (χ2n) is 4.74. The van der Waals surface area contributed by atoms with Crippen LogP contribution in [0.2, 0.25) is 0 Å². The lowest BCUT2D eigenvalue weighted by Gasteiger charge is -2.15. The summed E-state index contributed by atoms with van der Waals surface area (Å²) >= 11 is 1.82. The van der Waals surface area contributed by atoms with Gasteiger partial charge in [-0.1, -0.05) is 13.8 Å². The Kier molecular flexibility index (Phi) is 6.03. The highest BCUT2D eigenvalue weighted by Gasteiger charge is 2.04. The van der Waals surface area contributed by atoms with Crippen LogP contribution in [-0.2, 0) is 11.3 Å². The predicted molar refractivity (Wildman–Crippen MR) is 71.0 cm³/mol. The van der Waals surface area contributed by atoms with Crippen molar-refractivity contribution in [3.63, 3.8) is 0 Å². The van der Waals surface area contributed by atoms with Crippen molar-refractivity contribution in [1.29, 1.82) is 0 Å². The summed E-state index contributed by atoms with van der Waals surface area (Å²) in [4.78, 5) is 1.43. The summed E-state index contributed by atoms with van der Waals surface area (Å²) in [7, 11) is 0. The van der Waals surface area contributed by atoms with Gasteiger partial charge in [0.1, 0.15) is 0 Å². The monoisotopic (exact) mass is 241 g/mol. The lowest BCUT2D eigenvalue weighted by molar-refractivity contribution is 0.0936. The Labute approximate surface area is 103 Å². The van der Waals surface area contributed by atoms with E-state index < -0.39 is 0 Å². The van der Waals surface area contributed by atoms with E-state index >= 15 is 0 Å². The van der Waals surface area contributed by atoms with Crippen LogP contribution in [0.1, 0.15) is 31.2 Å². The lowest BCUT2D eigenvalue weighted by Crippen LogP contribution is -2.30. The van der Waals surface area contributed by atoms with Crippen molar-refractivity contribution >= 4 is 11.3 Å². The van der Waals surface area contributed by atoms with E-state index in [0.717, 1.165) is 19.8 Å². The molecule has 0 radical (unpaired) electrons. The summed E-state index contributed by atoms with van der Waals surface area (Å²) in [6, 6.07) is 2.59. The number of aryl methyl sites for hydroxylation is 1. The van der Waals surface area contributed by atoms with Gasteiger partial charge < -0.3 is 10.1 Å². The summed E-state index contributed by atoms with van der Waals surface area (Å²) < 4.78 is 5.60. The quantitative estimate of drug-likeness (QED) is 0.791. The topological polar surface area (TPSA) is 21.3 Å². The number of ether oxygens (including phenoxy) is 1. The number of nitrogens with one attached hydrogen (secondary N) is 1. The van der Waals surface area contributed by atoms with Gasteiger partial charge in [0.05, 0.1) is 6.61 Å². The summed E-state index contributed by atoms with van der Waals surface area (Å²) in [5, 5.41) is 5.63. The maximum Gasteiger partial charge on any atom is 0.0617 e. The van der Waals surface area contributed by atoms with Gasteiger partial charge in [-0.15, -0.1) is 11.3 Å². The number of rotatable bonds is 7. The molecule has 1 N–H and O–H groups in total. The minimum Gasteiger partial charge on any atom is -0.380 e. The third kappa shape index (κ3) is 5.10. The molecule has 1 atom stereocenters. The van der Waals surface area contributed by atoms with Crippen LogP contribution in [-0.4, -0.2) is 19.3 Å². The molecule has 1 aromatic heterocycles. The normalized spacial score (nSPS) is 13.3. The molecule has 0 bridgehead atoms. The first-order valence-corrected chi connectivity index (χ1v) is 6.81. The molecule has 0 aliphatic heterocycles. The van der Waals surface area contributed by atoms with Gasteiger partial charge in [0, 0.05) is 24.1 Å². The second-order valence-corrected chi connectivity index (χ2v) is 5.74. The van der Waals surface area contributed by atoms with Gasteiger partial charge in [-0.3, -0.25) is 0 Å². The Morgan fingerprint density at radius 2 is 2.06 bits per heavy atom. The fourth-order valence-corrected chi connectivity index (χ4v) is 2.25. The first kappa shape index (κ1) is 13.7. The van der Waals surface area contributed by atoms with Crippen LogP contribution in [0.15, 0.2) is 11.4 Å². The number of thiophene rings is 1. The molecule has 92 valence electrons. The molecule has 1 unspecified atom stereocenters. The van der Waals surface area contributed by atoms with E-state index in [0.29, 0.717) is 12.0 Å². The van der Waals surface area contributed by atoms with Crippen molar-refractivity contribution in [2.45, 2.75) is 40.3 Å². The molecule has 0 saturated carbocycles. The van der Waals surface area contributed by atoms with Crippen molar-refractivity contribution in [1.82, 2.24) is 5.32 Å². The minimum atomic E-state index is 0.417. The van der Waals surface area contributed by atoms with E-state index in [4.69, 9.17) is 4.74 Å². The molecule has 0 fully saturated rings. The first-order chi connectivity index (χ1) is 7.59. The van der Waals surface area contributed by atoms with Crippen LogP contribution in [0.3, 0.4) is 0 Å². The molecule has 0 spiro atoms. The molecule has 16 heavy (non-hydrogen) atoms. The van der Waals surface area contributed by atoms with Crippen molar-refractivity contribution in [3.05, 3.63) is 21.9 Å². The molecular weight excluding hydrogens is 218 g/mol. The standard InChI is InChI=1S/C13H23NOS/c1-10(2)8-15-9-12(4)14-7-13-11(3)5-6-16-13/h5-6,10,12,14H,7-9H2,1-4H3. The molecule has 1 aromatic rings. The number of hydrogen-bond donors (Lipinski definition) is 1. The highest BCUT2D eigenvalue weighted by atomic mass is 32.1. The Hall–Kier alpha value is -0.380. The van der Waals surface area contributed by atoms with E-state index in [1.807, 2.05) is 11.3 Å². The van der Waals surface area contributed by atoms with E-state index in [-0.39, 0.29) is 0 Å². The molecule has 0 saturated heterocycles. The highest BCUT2D eigenvalue weighted by Crippen LogP contribution is 2.14. The van der Waals surface area contributed by atoms with Crippen molar-refractivity contribution in [2.75, 3.05) is 13.2 Å². The predicted octanol–water partition coefficient (Wildman–Crippen LogP) is 3.21. The van der Waals surface area contributed by atoms with Crippen molar-refractivity contribution in [3.8, 4) is 0 Å². The van der Waals surface area contributed by atoms with Gasteiger partial charge >= 0.3 is 0 Å². The maximum atomic E-state index is 5.60. The number of hydrogen-bond acceptors (Lipinski definition) is 3. The Bertz CT molecular complexity index is 296. The fourth-order valence-electron chi connectivity index (χ4n) is 1.39. The maximum absolute atomic E-state index is 5.60. The SMILES string of the molecule is Cc1ccsc1CNC(C)COCC(C)C. The lowest BCUT2D eigenvalue weighted by atomic mass is 10.2. The molecular formula is C13H23NOS. The van der Waals surface area contributed by atoms with Crippen LogP contribution in [0.25, 0.3) is 0 Å². The molecule has 1 rings (SSSR count). The zero-order chi connectivity index (χ0) is 12.0. The minimum absolute atomic E-state index is 0.417. The summed E-state index contributed by atoms with van der Waals surface area (Å²) in [6.07, 6.45) is 0. The van der Waals surface area contributed by atoms with E-state index in [1.54, 1.807) is 0 Å². The van der Waals surface area contributed by atoms with Gasteiger partial charge in [-0.25, -0.2) is 0 Å². The van der Waals surface area contributed by atoms with Gasteiger partial charge in [-0.2, -0.15) is 0 Å².